The molecule has 0 saturated carbocycles. The van der Waals surface area contributed by atoms with E-state index in [4.69, 9.17) is 4.74 Å². The number of thiazole rings is 1. The van der Waals surface area contributed by atoms with Crippen LogP contribution in [-0.2, 0) is 13.7 Å². The summed E-state index contributed by atoms with van der Waals surface area (Å²) in [5, 5.41) is 9.64. The predicted octanol–water partition coefficient (Wildman–Crippen LogP) is 1.49. The van der Waals surface area contributed by atoms with Crippen molar-refractivity contribution in [1.29, 1.82) is 0 Å². The molecular weight excluding hydrogens is 227 g/mol. The molecule has 0 aliphatic carbocycles. The van der Waals surface area contributed by atoms with Gasteiger partial charge in [-0.1, -0.05) is 11.3 Å². The molecule has 1 aliphatic rings. The van der Waals surface area contributed by atoms with E-state index in [0.717, 1.165) is 10.6 Å². The molecule has 0 saturated heterocycles. The summed E-state index contributed by atoms with van der Waals surface area (Å²) in [5.41, 5.74) is 1.53. The molecule has 0 spiro atoms. The van der Waals surface area contributed by atoms with Crippen LogP contribution in [0.4, 0.5) is 4.39 Å². The van der Waals surface area contributed by atoms with E-state index in [1.165, 1.54) is 23.5 Å². The van der Waals surface area contributed by atoms with Gasteiger partial charge < -0.3 is 9.30 Å². The number of hydrogen-bond acceptors (Lipinski definition) is 2. The molecule has 3 nitrogen and oxygen atoms in total. The van der Waals surface area contributed by atoms with Crippen molar-refractivity contribution in [3.05, 3.63) is 33.7 Å². The van der Waals surface area contributed by atoms with Gasteiger partial charge in [0.25, 0.3) is 0 Å². The van der Waals surface area contributed by atoms with Crippen LogP contribution in [0.25, 0.3) is 11.3 Å². The first-order chi connectivity index (χ1) is 7.66. The average Bonchev–Trinajstić information content (AvgIpc) is 2.55. The van der Waals surface area contributed by atoms with Crippen LogP contribution < -0.4 is 14.9 Å². The van der Waals surface area contributed by atoms with Crippen molar-refractivity contribution in [2.75, 3.05) is 0 Å². The molecule has 0 fully saturated rings. The molecule has 0 N–H and O–H groups in total. The standard InChI is InChI=1S/C11H8FN2OS/c1-14-10-7-4-6(12)2-3-8(7)15-5-9(10)16-11(14)13/h2-4H,5H2,1H3. The molecule has 2 aromatic rings. The molecule has 1 aromatic carbocycles. The average molecular weight is 235 g/mol. The van der Waals surface area contributed by atoms with E-state index in [9.17, 15) is 9.80 Å². The van der Waals surface area contributed by atoms with Crippen LogP contribution in [0, 0.1) is 5.82 Å². The quantitative estimate of drug-likeness (QED) is 0.681. The maximum atomic E-state index is 13.2. The second-order valence-electron chi connectivity index (χ2n) is 3.64. The van der Waals surface area contributed by atoms with Crippen LogP contribution in [0.3, 0.4) is 0 Å². The first-order valence-electron chi connectivity index (χ1n) is 4.80. The summed E-state index contributed by atoms with van der Waals surface area (Å²) < 4.78 is 20.3. The monoisotopic (exact) mass is 235 g/mol. The number of fused-ring (bicyclic) bond motifs is 3. The van der Waals surface area contributed by atoms with E-state index < -0.39 is 0 Å². The molecule has 0 unspecified atom stereocenters. The molecule has 0 atom stereocenters. The van der Waals surface area contributed by atoms with E-state index in [-0.39, 0.29) is 10.6 Å². The third kappa shape index (κ3) is 1.21. The van der Waals surface area contributed by atoms with Gasteiger partial charge in [-0.2, -0.15) is 0 Å². The van der Waals surface area contributed by atoms with Crippen LogP contribution in [0.15, 0.2) is 18.2 Å². The Hall–Kier alpha value is -1.62. The van der Waals surface area contributed by atoms with Crippen molar-refractivity contribution in [2.45, 2.75) is 6.61 Å². The largest absolute Gasteiger partial charge is 0.487 e. The van der Waals surface area contributed by atoms with Crippen molar-refractivity contribution in [2.24, 2.45) is 7.05 Å². The lowest BCUT2D eigenvalue weighted by Crippen LogP contribution is -2.13. The van der Waals surface area contributed by atoms with Gasteiger partial charge in [0.2, 0.25) is 4.80 Å². The predicted molar refractivity (Wildman–Crippen MR) is 58.3 cm³/mol. The van der Waals surface area contributed by atoms with Gasteiger partial charge in [-0.15, -0.1) is 5.41 Å². The molecule has 1 aromatic heterocycles. The van der Waals surface area contributed by atoms with Crippen molar-refractivity contribution >= 4 is 11.3 Å². The van der Waals surface area contributed by atoms with Gasteiger partial charge in [-0.25, -0.2) is 4.39 Å². The number of rotatable bonds is 0. The highest BCUT2D eigenvalue weighted by Crippen LogP contribution is 2.38. The van der Waals surface area contributed by atoms with Gasteiger partial charge in [0.15, 0.2) is 0 Å². The van der Waals surface area contributed by atoms with E-state index in [1.54, 1.807) is 17.7 Å². The van der Waals surface area contributed by atoms with E-state index in [2.05, 4.69) is 0 Å². The summed E-state index contributed by atoms with van der Waals surface area (Å²) in [7, 11) is 1.75. The van der Waals surface area contributed by atoms with E-state index in [1.807, 2.05) is 0 Å². The minimum Gasteiger partial charge on any atom is -0.487 e. The summed E-state index contributed by atoms with van der Waals surface area (Å²) >= 11 is 1.26. The molecule has 3 rings (SSSR count). The van der Waals surface area contributed by atoms with Gasteiger partial charge in [0.1, 0.15) is 18.2 Å². The Morgan fingerprint density at radius 2 is 2.31 bits per heavy atom. The smallest absolute Gasteiger partial charge is 0.211 e. The second-order valence-corrected chi connectivity index (χ2v) is 4.71. The van der Waals surface area contributed by atoms with Crippen molar-refractivity contribution in [3.8, 4) is 17.0 Å². The number of halogens is 1. The maximum Gasteiger partial charge on any atom is 0.211 e. The van der Waals surface area contributed by atoms with E-state index >= 15 is 0 Å². The van der Waals surface area contributed by atoms with Crippen LogP contribution in [0.1, 0.15) is 4.88 Å². The fourth-order valence-electron chi connectivity index (χ4n) is 1.89. The molecule has 16 heavy (non-hydrogen) atoms. The molecule has 0 bridgehead atoms. The third-order valence-corrected chi connectivity index (χ3v) is 3.67. The first-order valence-corrected chi connectivity index (χ1v) is 5.62. The van der Waals surface area contributed by atoms with Crippen LogP contribution in [0.2, 0.25) is 0 Å². The van der Waals surface area contributed by atoms with E-state index in [0.29, 0.717) is 17.9 Å². The van der Waals surface area contributed by atoms with Crippen LogP contribution in [0.5, 0.6) is 5.75 Å². The third-order valence-electron chi connectivity index (χ3n) is 2.66. The second kappa shape index (κ2) is 3.18. The Kier molecular flexibility index (Phi) is 1.91. The Morgan fingerprint density at radius 1 is 1.50 bits per heavy atom. The molecule has 1 aliphatic heterocycles. The number of aromatic nitrogens is 1. The van der Waals surface area contributed by atoms with Gasteiger partial charge in [0.05, 0.1) is 10.6 Å². The van der Waals surface area contributed by atoms with Gasteiger partial charge >= 0.3 is 0 Å². The summed E-state index contributed by atoms with van der Waals surface area (Å²) in [6.07, 6.45) is 0. The minimum absolute atomic E-state index is 0.200. The summed E-state index contributed by atoms with van der Waals surface area (Å²) in [5.74, 6) is 0.350. The number of ether oxygens (including phenoxy) is 1. The number of nitrogens with zero attached hydrogens (tertiary/aromatic N) is 2. The van der Waals surface area contributed by atoms with Crippen molar-refractivity contribution in [3.63, 3.8) is 0 Å². The topological polar surface area (TPSA) is 36.5 Å². The summed E-state index contributed by atoms with van der Waals surface area (Å²) in [6.45, 7) is 0.424. The minimum atomic E-state index is -0.305. The molecule has 5 heteroatoms. The zero-order valence-corrected chi connectivity index (χ0v) is 9.34. The van der Waals surface area contributed by atoms with Gasteiger partial charge in [0, 0.05) is 12.6 Å². The normalized spacial score (nSPS) is 12.9. The molecule has 2 heterocycles. The Balaban J connectivity index is 2.36. The Labute approximate surface area is 95.2 Å². The van der Waals surface area contributed by atoms with Crippen LogP contribution in [-0.4, -0.2) is 4.57 Å². The molecule has 81 valence electrons. The van der Waals surface area contributed by atoms with Gasteiger partial charge in [-0.05, 0) is 18.2 Å². The summed E-state index contributed by atoms with van der Waals surface area (Å²) in [4.78, 5) is 1.11. The number of benzene rings is 1. The molecule has 1 radical (unpaired) electrons. The first kappa shape index (κ1) is 9.59. The highest BCUT2D eigenvalue weighted by molar-refractivity contribution is 7.09. The van der Waals surface area contributed by atoms with Crippen molar-refractivity contribution < 1.29 is 9.13 Å². The lowest BCUT2D eigenvalue weighted by molar-refractivity contribution is 0.304. The number of hydrogen-bond donors (Lipinski definition) is 0. The summed E-state index contributed by atoms with van der Waals surface area (Å²) in [6, 6.07) is 4.41. The highest BCUT2D eigenvalue weighted by atomic mass is 32.1. The zero-order valence-electron chi connectivity index (χ0n) is 8.53. The fourth-order valence-corrected chi connectivity index (χ4v) is 2.80. The SMILES string of the molecule is Cn1c2c(sc1=[N])COc1ccc(F)cc1-2. The maximum absolute atomic E-state index is 13.2. The molecular formula is C11H8FN2OS. The lowest BCUT2D eigenvalue weighted by Gasteiger charge is -2.18. The lowest BCUT2D eigenvalue weighted by atomic mass is 10.1. The Morgan fingerprint density at radius 3 is 3.12 bits per heavy atom. The van der Waals surface area contributed by atoms with Crippen LogP contribution >= 0.6 is 11.3 Å². The van der Waals surface area contributed by atoms with Crippen molar-refractivity contribution in [1.82, 2.24) is 9.98 Å². The fraction of sp³-hybridized carbons (Fsp3) is 0.182. The molecule has 0 amide bonds. The zero-order chi connectivity index (χ0) is 11.3. The van der Waals surface area contributed by atoms with Gasteiger partial charge in [-0.3, -0.25) is 0 Å². The Bertz CT molecular complexity index is 629. The highest BCUT2D eigenvalue weighted by Gasteiger charge is 2.22.